The third-order valence-electron chi connectivity index (χ3n) is 3.34. The van der Waals surface area contributed by atoms with Crippen molar-refractivity contribution in [3.05, 3.63) is 65.2 Å². The minimum absolute atomic E-state index is 0.152. The molecular formula is C18H20N2O3. The maximum Gasteiger partial charge on any atom is 0.251 e. The molecule has 0 fully saturated rings. The van der Waals surface area contributed by atoms with Gasteiger partial charge in [-0.15, -0.1) is 0 Å². The monoisotopic (exact) mass is 312 g/mol. The average molecular weight is 312 g/mol. The molecule has 0 unspecified atom stereocenters. The lowest BCUT2D eigenvalue weighted by Crippen LogP contribution is -2.34. The molecule has 5 nitrogen and oxygen atoms in total. The van der Waals surface area contributed by atoms with E-state index in [2.05, 4.69) is 10.6 Å². The Balaban J connectivity index is 1.77. The van der Waals surface area contributed by atoms with Gasteiger partial charge in [0.05, 0.1) is 7.11 Å². The molecule has 0 heterocycles. The van der Waals surface area contributed by atoms with Gasteiger partial charge in [0.25, 0.3) is 11.8 Å². The number of ether oxygens (including phenoxy) is 1. The van der Waals surface area contributed by atoms with Crippen molar-refractivity contribution >= 4 is 11.8 Å². The summed E-state index contributed by atoms with van der Waals surface area (Å²) >= 11 is 0. The number of hydrogen-bond acceptors (Lipinski definition) is 3. The summed E-state index contributed by atoms with van der Waals surface area (Å²) in [5.74, 6) is 0.277. The van der Waals surface area contributed by atoms with Crippen LogP contribution in [0.4, 0.5) is 0 Å². The van der Waals surface area contributed by atoms with Crippen molar-refractivity contribution in [2.45, 2.75) is 6.92 Å². The first-order valence-corrected chi connectivity index (χ1v) is 7.37. The van der Waals surface area contributed by atoms with Gasteiger partial charge in [-0.05, 0) is 37.3 Å². The van der Waals surface area contributed by atoms with E-state index in [1.54, 1.807) is 43.5 Å². The quantitative estimate of drug-likeness (QED) is 0.803. The van der Waals surface area contributed by atoms with Crippen LogP contribution in [-0.4, -0.2) is 32.0 Å². The minimum atomic E-state index is -0.200. The van der Waals surface area contributed by atoms with E-state index in [0.717, 1.165) is 5.56 Å². The Bertz CT molecular complexity index is 681. The second-order valence-corrected chi connectivity index (χ2v) is 5.11. The summed E-state index contributed by atoms with van der Waals surface area (Å²) in [6.07, 6.45) is 0. The molecule has 2 amide bonds. The maximum absolute atomic E-state index is 12.0. The first-order valence-electron chi connectivity index (χ1n) is 7.37. The number of aryl methyl sites for hydroxylation is 1. The summed E-state index contributed by atoms with van der Waals surface area (Å²) < 4.78 is 5.08. The zero-order chi connectivity index (χ0) is 16.7. The van der Waals surface area contributed by atoms with Crippen molar-refractivity contribution in [2.75, 3.05) is 20.2 Å². The van der Waals surface area contributed by atoms with Crippen LogP contribution in [0.1, 0.15) is 26.3 Å². The number of amides is 2. The van der Waals surface area contributed by atoms with E-state index in [4.69, 9.17) is 4.74 Å². The number of carbonyl (C=O) groups excluding carboxylic acids is 2. The molecule has 120 valence electrons. The van der Waals surface area contributed by atoms with Crippen molar-refractivity contribution < 1.29 is 14.3 Å². The van der Waals surface area contributed by atoms with Crippen LogP contribution in [0.5, 0.6) is 5.75 Å². The van der Waals surface area contributed by atoms with Gasteiger partial charge in [0.2, 0.25) is 0 Å². The SMILES string of the molecule is COc1cccc(C(=O)NCCNC(=O)c2ccc(C)cc2)c1. The Morgan fingerprint density at radius 3 is 2.13 bits per heavy atom. The Morgan fingerprint density at radius 2 is 1.52 bits per heavy atom. The highest BCUT2D eigenvalue weighted by Crippen LogP contribution is 2.12. The summed E-state index contributed by atoms with van der Waals surface area (Å²) in [6.45, 7) is 2.69. The highest BCUT2D eigenvalue weighted by Gasteiger charge is 2.07. The summed E-state index contributed by atoms with van der Waals surface area (Å²) in [5, 5.41) is 5.53. The number of methoxy groups -OCH3 is 1. The molecule has 0 saturated carbocycles. The standard InChI is InChI=1S/C18H20N2O3/c1-13-6-8-14(9-7-13)17(21)19-10-11-20-18(22)15-4-3-5-16(12-15)23-2/h3-9,12H,10-11H2,1-2H3,(H,19,21)(H,20,22). The Labute approximate surface area is 135 Å². The number of benzene rings is 2. The van der Waals surface area contributed by atoms with E-state index in [1.807, 2.05) is 19.1 Å². The molecular weight excluding hydrogens is 292 g/mol. The van der Waals surface area contributed by atoms with E-state index in [-0.39, 0.29) is 11.8 Å². The topological polar surface area (TPSA) is 67.4 Å². The van der Waals surface area contributed by atoms with Crippen LogP contribution in [0, 0.1) is 6.92 Å². The summed E-state index contributed by atoms with van der Waals surface area (Å²) in [4.78, 5) is 23.9. The smallest absolute Gasteiger partial charge is 0.251 e. The second kappa shape index (κ2) is 7.98. The molecule has 0 aromatic heterocycles. The molecule has 0 spiro atoms. The lowest BCUT2D eigenvalue weighted by molar-refractivity contribution is 0.0927. The van der Waals surface area contributed by atoms with Gasteiger partial charge in [-0.1, -0.05) is 23.8 Å². The Hall–Kier alpha value is -2.82. The lowest BCUT2D eigenvalue weighted by atomic mass is 10.1. The van der Waals surface area contributed by atoms with E-state index < -0.39 is 0 Å². The summed E-state index contributed by atoms with van der Waals surface area (Å²) in [5.41, 5.74) is 2.23. The van der Waals surface area contributed by atoms with Crippen LogP contribution >= 0.6 is 0 Å². The van der Waals surface area contributed by atoms with Gasteiger partial charge in [0, 0.05) is 24.2 Å². The van der Waals surface area contributed by atoms with Crippen molar-refractivity contribution in [1.82, 2.24) is 10.6 Å². The molecule has 5 heteroatoms. The van der Waals surface area contributed by atoms with E-state index >= 15 is 0 Å². The number of rotatable bonds is 6. The molecule has 0 saturated heterocycles. The van der Waals surface area contributed by atoms with Gasteiger partial charge in [-0.25, -0.2) is 0 Å². The van der Waals surface area contributed by atoms with Gasteiger partial charge in [-0.3, -0.25) is 9.59 Å². The molecule has 0 bridgehead atoms. The first kappa shape index (κ1) is 16.5. The first-order chi connectivity index (χ1) is 11.1. The van der Waals surface area contributed by atoms with Gasteiger partial charge in [-0.2, -0.15) is 0 Å². The molecule has 2 aromatic carbocycles. The normalized spacial score (nSPS) is 10.0. The summed E-state index contributed by atoms with van der Waals surface area (Å²) in [7, 11) is 1.55. The molecule has 0 aliphatic heterocycles. The molecule has 2 N–H and O–H groups in total. The van der Waals surface area contributed by atoms with Crippen LogP contribution < -0.4 is 15.4 Å². The molecule has 23 heavy (non-hydrogen) atoms. The van der Waals surface area contributed by atoms with Crippen LogP contribution in [0.2, 0.25) is 0 Å². The zero-order valence-electron chi connectivity index (χ0n) is 13.3. The van der Waals surface area contributed by atoms with Crippen molar-refractivity contribution in [1.29, 1.82) is 0 Å². The number of hydrogen-bond donors (Lipinski definition) is 2. The third kappa shape index (κ3) is 4.85. The molecule has 0 aliphatic carbocycles. The highest BCUT2D eigenvalue weighted by atomic mass is 16.5. The van der Waals surface area contributed by atoms with Crippen LogP contribution in [0.15, 0.2) is 48.5 Å². The molecule has 0 radical (unpaired) electrons. The predicted molar refractivity (Wildman–Crippen MR) is 88.8 cm³/mol. The molecule has 2 aromatic rings. The van der Waals surface area contributed by atoms with Gasteiger partial charge in [0.1, 0.15) is 5.75 Å². The lowest BCUT2D eigenvalue weighted by Gasteiger charge is -2.08. The summed E-state index contributed by atoms with van der Waals surface area (Å²) in [6, 6.07) is 14.2. The fourth-order valence-electron chi connectivity index (χ4n) is 2.03. The second-order valence-electron chi connectivity index (χ2n) is 5.11. The number of nitrogens with one attached hydrogen (secondary N) is 2. The minimum Gasteiger partial charge on any atom is -0.497 e. The van der Waals surface area contributed by atoms with Crippen LogP contribution in [-0.2, 0) is 0 Å². The maximum atomic E-state index is 12.0. The average Bonchev–Trinajstić information content (AvgIpc) is 2.59. The molecule has 0 aliphatic rings. The van der Waals surface area contributed by atoms with E-state index in [0.29, 0.717) is 30.0 Å². The molecule has 0 atom stereocenters. The van der Waals surface area contributed by atoms with E-state index in [1.165, 1.54) is 0 Å². The third-order valence-corrected chi connectivity index (χ3v) is 3.34. The van der Waals surface area contributed by atoms with Crippen LogP contribution in [0.25, 0.3) is 0 Å². The van der Waals surface area contributed by atoms with Crippen molar-refractivity contribution in [2.24, 2.45) is 0 Å². The largest absolute Gasteiger partial charge is 0.497 e. The number of carbonyl (C=O) groups is 2. The fraction of sp³-hybridized carbons (Fsp3) is 0.222. The van der Waals surface area contributed by atoms with Gasteiger partial charge >= 0.3 is 0 Å². The fourth-order valence-corrected chi connectivity index (χ4v) is 2.03. The molecule has 2 rings (SSSR count). The predicted octanol–water partition coefficient (Wildman–Crippen LogP) is 2.16. The van der Waals surface area contributed by atoms with Crippen molar-refractivity contribution in [3.8, 4) is 5.75 Å². The van der Waals surface area contributed by atoms with Gasteiger partial charge in [0.15, 0.2) is 0 Å². The zero-order valence-corrected chi connectivity index (χ0v) is 13.3. The Morgan fingerprint density at radius 1 is 0.913 bits per heavy atom. The Kier molecular flexibility index (Phi) is 5.74. The van der Waals surface area contributed by atoms with Crippen LogP contribution in [0.3, 0.4) is 0 Å². The van der Waals surface area contributed by atoms with Crippen molar-refractivity contribution in [3.63, 3.8) is 0 Å². The van der Waals surface area contributed by atoms with E-state index in [9.17, 15) is 9.59 Å². The highest BCUT2D eigenvalue weighted by molar-refractivity contribution is 5.95. The van der Waals surface area contributed by atoms with Gasteiger partial charge < -0.3 is 15.4 Å².